The minimum atomic E-state index is -4.33. The van der Waals surface area contributed by atoms with Crippen molar-refractivity contribution in [3.8, 4) is 0 Å². The fourth-order valence-corrected chi connectivity index (χ4v) is 0.904. The third kappa shape index (κ3) is 2.57. The number of hydrogen-bond acceptors (Lipinski definition) is 0. The number of hydrogen-bond donors (Lipinski definition) is 0. The Hall–Kier alpha value is -0.990. The predicted molar refractivity (Wildman–Crippen MR) is 43.8 cm³/mol. The number of rotatable bonds is 2. The molecule has 3 heteroatoms. The SMILES string of the molecule is C=C/C(C)=C(\C(=C)C)C(F)(F)F. The van der Waals surface area contributed by atoms with E-state index in [0.717, 1.165) is 0 Å². The van der Waals surface area contributed by atoms with Crippen molar-refractivity contribution in [3.05, 3.63) is 36.0 Å². The van der Waals surface area contributed by atoms with Crippen LogP contribution in [0.25, 0.3) is 0 Å². The predicted octanol–water partition coefficient (Wildman–Crippen LogP) is 3.63. The molecule has 0 rings (SSSR count). The van der Waals surface area contributed by atoms with E-state index < -0.39 is 11.7 Å². The van der Waals surface area contributed by atoms with Crippen LogP contribution in [0.3, 0.4) is 0 Å². The summed E-state index contributed by atoms with van der Waals surface area (Å²) in [6.07, 6.45) is -3.15. The summed E-state index contributed by atoms with van der Waals surface area (Å²) in [5, 5.41) is 0. The minimum Gasteiger partial charge on any atom is -0.166 e. The van der Waals surface area contributed by atoms with Gasteiger partial charge in [-0.3, -0.25) is 0 Å². The maximum Gasteiger partial charge on any atom is 0.416 e. The monoisotopic (exact) mass is 176 g/mol. The van der Waals surface area contributed by atoms with E-state index in [1.165, 1.54) is 19.9 Å². The van der Waals surface area contributed by atoms with Crippen LogP contribution < -0.4 is 0 Å². The Morgan fingerprint density at radius 1 is 1.25 bits per heavy atom. The summed E-state index contributed by atoms with van der Waals surface area (Å²) in [6, 6.07) is 0. The van der Waals surface area contributed by atoms with Gasteiger partial charge < -0.3 is 0 Å². The highest BCUT2D eigenvalue weighted by atomic mass is 19.4. The first-order chi connectivity index (χ1) is 5.30. The van der Waals surface area contributed by atoms with E-state index >= 15 is 0 Å². The minimum absolute atomic E-state index is 0.0138. The lowest BCUT2D eigenvalue weighted by molar-refractivity contribution is -0.0898. The van der Waals surface area contributed by atoms with Crippen LogP contribution in [-0.2, 0) is 0 Å². The van der Waals surface area contributed by atoms with E-state index in [0.29, 0.717) is 0 Å². The average molecular weight is 176 g/mol. The van der Waals surface area contributed by atoms with E-state index in [2.05, 4.69) is 13.2 Å². The molecule has 0 saturated carbocycles. The van der Waals surface area contributed by atoms with Gasteiger partial charge in [-0.2, -0.15) is 13.2 Å². The zero-order valence-electron chi connectivity index (χ0n) is 7.13. The van der Waals surface area contributed by atoms with E-state index in [4.69, 9.17) is 0 Å². The molecule has 0 amide bonds. The summed E-state index contributed by atoms with van der Waals surface area (Å²) in [6.45, 7) is 9.24. The molecule has 12 heavy (non-hydrogen) atoms. The van der Waals surface area contributed by atoms with Gasteiger partial charge in [-0.05, 0) is 25.0 Å². The molecule has 0 aromatic carbocycles. The summed E-state index contributed by atoms with van der Waals surface area (Å²) in [4.78, 5) is 0. The summed E-state index contributed by atoms with van der Waals surface area (Å²) in [7, 11) is 0. The quantitative estimate of drug-likeness (QED) is 0.563. The highest BCUT2D eigenvalue weighted by molar-refractivity contribution is 5.39. The zero-order valence-corrected chi connectivity index (χ0v) is 7.13. The Balaban J connectivity index is 5.21. The Morgan fingerprint density at radius 3 is 1.75 bits per heavy atom. The first-order valence-corrected chi connectivity index (χ1v) is 3.37. The Bertz CT molecular complexity index is 231. The van der Waals surface area contributed by atoms with E-state index in [1.807, 2.05) is 0 Å². The molecule has 0 fully saturated rings. The maximum atomic E-state index is 12.2. The standard InChI is InChI=1S/C9H11F3/c1-5-7(4)8(6(2)3)9(10,11)12/h5H,1-2H2,3-4H3/b8-7+. The summed E-state index contributed by atoms with van der Waals surface area (Å²) in [5.74, 6) is 0. The van der Waals surface area contributed by atoms with Gasteiger partial charge in [-0.15, -0.1) is 0 Å². The van der Waals surface area contributed by atoms with Gasteiger partial charge in [-0.1, -0.05) is 19.2 Å². The van der Waals surface area contributed by atoms with Crippen molar-refractivity contribution in [2.45, 2.75) is 20.0 Å². The van der Waals surface area contributed by atoms with Crippen LogP contribution in [0.2, 0.25) is 0 Å². The van der Waals surface area contributed by atoms with Gasteiger partial charge in [0, 0.05) is 0 Å². The number of allylic oxidation sites excluding steroid dienone is 4. The second kappa shape index (κ2) is 3.61. The summed E-state index contributed by atoms with van der Waals surface area (Å²) < 4.78 is 36.7. The molecule has 0 aromatic rings. The molecule has 0 radical (unpaired) electrons. The van der Waals surface area contributed by atoms with Crippen LogP contribution in [0.1, 0.15) is 13.8 Å². The molecule has 0 aliphatic heterocycles. The topological polar surface area (TPSA) is 0 Å². The van der Waals surface area contributed by atoms with Crippen molar-refractivity contribution in [2.75, 3.05) is 0 Å². The molecule has 0 nitrogen and oxygen atoms in total. The van der Waals surface area contributed by atoms with E-state index in [9.17, 15) is 13.2 Å². The van der Waals surface area contributed by atoms with Crippen molar-refractivity contribution in [3.63, 3.8) is 0 Å². The molecular formula is C9H11F3. The highest BCUT2D eigenvalue weighted by Gasteiger charge is 2.34. The second-order valence-electron chi connectivity index (χ2n) is 2.54. The lowest BCUT2D eigenvalue weighted by Crippen LogP contribution is -2.14. The molecule has 0 aliphatic carbocycles. The van der Waals surface area contributed by atoms with Gasteiger partial charge in [-0.25, -0.2) is 0 Å². The maximum absolute atomic E-state index is 12.2. The Labute approximate surface area is 70.1 Å². The normalized spacial score (nSPS) is 13.8. The fraction of sp³-hybridized carbons (Fsp3) is 0.333. The highest BCUT2D eigenvalue weighted by Crippen LogP contribution is 2.32. The van der Waals surface area contributed by atoms with Gasteiger partial charge in [0.25, 0.3) is 0 Å². The Morgan fingerprint density at radius 2 is 1.67 bits per heavy atom. The van der Waals surface area contributed by atoms with Crippen molar-refractivity contribution in [1.82, 2.24) is 0 Å². The third-order valence-corrected chi connectivity index (χ3v) is 1.41. The number of alkyl halides is 3. The summed E-state index contributed by atoms with van der Waals surface area (Å²) >= 11 is 0. The third-order valence-electron chi connectivity index (χ3n) is 1.41. The smallest absolute Gasteiger partial charge is 0.166 e. The first-order valence-electron chi connectivity index (χ1n) is 3.37. The van der Waals surface area contributed by atoms with Crippen LogP contribution in [0, 0.1) is 0 Å². The molecule has 0 unspecified atom stereocenters. The number of halogens is 3. The molecule has 68 valence electrons. The van der Waals surface area contributed by atoms with Gasteiger partial charge in [0.1, 0.15) is 0 Å². The zero-order chi connectivity index (χ0) is 9.94. The van der Waals surface area contributed by atoms with Gasteiger partial charge in [0.2, 0.25) is 0 Å². The van der Waals surface area contributed by atoms with Gasteiger partial charge >= 0.3 is 6.18 Å². The van der Waals surface area contributed by atoms with Crippen LogP contribution >= 0.6 is 0 Å². The molecule has 0 aliphatic rings. The molecule has 0 bridgehead atoms. The van der Waals surface area contributed by atoms with Crippen LogP contribution in [0.5, 0.6) is 0 Å². The van der Waals surface area contributed by atoms with Gasteiger partial charge in [0.05, 0.1) is 5.57 Å². The first kappa shape index (κ1) is 11.0. The summed E-state index contributed by atoms with van der Waals surface area (Å²) in [5.41, 5.74) is -0.563. The van der Waals surface area contributed by atoms with Crippen LogP contribution in [-0.4, -0.2) is 6.18 Å². The molecule has 0 saturated heterocycles. The van der Waals surface area contributed by atoms with Gasteiger partial charge in [0.15, 0.2) is 0 Å². The molecule has 0 aromatic heterocycles. The van der Waals surface area contributed by atoms with Crippen LogP contribution in [0.15, 0.2) is 36.0 Å². The Kier molecular flexibility index (Phi) is 3.31. The average Bonchev–Trinajstić information content (AvgIpc) is 1.83. The molecule has 0 atom stereocenters. The van der Waals surface area contributed by atoms with E-state index in [1.54, 1.807) is 0 Å². The van der Waals surface area contributed by atoms with Crippen molar-refractivity contribution in [2.24, 2.45) is 0 Å². The molecule has 0 heterocycles. The lowest BCUT2D eigenvalue weighted by atomic mass is 10.0. The van der Waals surface area contributed by atoms with Crippen LogP contribution in [0.4, 0.5) is 13.2 Å². The molecule has 0 spiro atoms. The van der Waals surface area contributed by atoms with Crippen molar-refractivity contribution >= 4 is 0 Å². The van der Waals surface area contributed by atoms with E-state index in [-0.39, 0.29) is 11.1 Å². The van der Waals surface area contributed by atoms with Crippen molar-refractivity contribution in [1.29, 1.82) is 0 Å². The second-order valence-corrected chi connectivity index (χ2v) is 2.54. The lowest BCUT2D eigenvalue weighted by Gasteiger charge is -2.13. The fourth-order valence-electron chi connectivity index (χ4n) is 0.904. The molecule has 0 N–H and O–H groups in total. The van der Waals surface area contributed by atoms with Crippen molar-refractivity contribution < 1.29 is 13.2 Å². The molecular weight excluding hydrogens is 165 g/mol. The largest absolute Gasteiger partial charge is 0.416 e.